The summed E-state index contributed by atoms with van der Waals surface area (Å²) in [7, 11) is 1.61. The summed E-state index contributed by atoms with van der Waals surface area (Å²) in [6, 6.07) is 15.6. The summed E-state index contributed by atoms with van der Waals surface area (Å²) < 4.78 is 7.46. The van der Waals surface area contributed by atoms with E-state index in [0.29, 0.717) is 11.4 Å². The minimum atomic E-state index is 0.0312. The Balaban J connectivity index is 2.23. The molecule has 4 rings (SSSR count). The van der Waals surface area contributed by atoms with Gasteiger partial charge in [0.25, 0.3) is 0 Å². The summed E-state index contributed by atoms with van der Waals surface area (Å²) in [6.07, 6.45) is 0. The van der Waals surface area contributed by atoms with Gasteiger partial charge in [-0.2, -0.15) is 0 Å². The molecule has 0 aliphatic carbocycles. The standard InChI is InChI=1S/C16H11NO2/c1-19-16-11-7-3-5-9-13(11)17-12-8-4-2-6-10(12)15(18)14(16)17/h2-9H,1H3. The Hall–Kier alpha value is -2.55. The first-order valence-electron chi connectivity index (χ1n) is 6.14. The van der Waals surface area contributed by atoms with Gasteiger partial charge in [-0.3, -0.25) is 4.79 Å². The van der Waals surface area contributed by atoms with E-state index in [4.69, 9.17) is 4.74 Å². The molecule has 1 aromatic heterocycles. The first kappa shape index (κ1) is 10.4. The van der Waals surface area contributed by atoms with E-state index in [0.717, 1.165) is 22.2 Å². The van der Waals surface area contributed by atoms with Crippen LogP contribution >= 0.6 is 0 Å². The molecule has 0 saturated carbocycles. The van der Waals surface area contributed by atoms with Crippen LogP contribution in [0.4, 0.5) is 0 Å². The summed E-state index contributed by atoms with van der Waals surface area (Å²) in [5, 5.41) is 0.975. The molecule has 92 valence electrons. The number of benzene rings is 2. The Morgan fingerprint density at radius 1 is 1.00 bits per heavy atom. The third-order valence-electron chi connectivity index (χ3n) is 3.64. The van der Waals surface area contributed by atoms with Crippen molar-refractivity contribution >= 4 is 16.7 Å². The van der Waals surface area contributed by atoms with Crippen molar-refractivity contribution in [3.63, 3.8) is 0 Å². The Morgan fingerprint density at radius 3 is 2.58 bits per heavy atom. The fourth-order valence-corrected chi connectivity index (χ4v) is 2.86. The van der Waals surface area contributed by atoms with Crippen molar-refractivity contribution in [2.75, 3.05) is 7.11 Å². The van der Waals surface area contributed by atoms with E-state index in [-0.39, 0.29) is 5.78 Å². The zero-order chi connectivity index (χ0) is 13.0. The topological polar surface area (TPSA) is 31.2 Å². The summed E-state index contributed by atoms with van der Waals surface area (Å²) in [6.45, 7) is 0. The molecule has 3 aromatic rings. The van der Waals surface area contributed by atoms with E-state index in [9.17, 15) is 4.79 Å². The molecule has 0 bridgehead atoms. The summed E-state index contributed by atoms with van der Waals surface area (Å²) in [4.78, 5) is 12.5. The number of carbonyl (C=O) groups is 1. The summed E-state index contributed by atoms with van der Waals surface area (Å²) >= 11 is 0. The van der Waals surface area contributed by atoms with Gasteiger partial charge in [-0.15, -0.1) is 0 Å². The molecule has 0 fully saturated rings. The number of rotatable bonds is 1. The van der Waals surface area contributed by atoms with E-state index in [1.807, 2.05) is 53.1 Å². The van der Waals surface area contributed by atoms with Crippen LogP contribution < -0.4 is 4.74 Å². The van der Waals surface area contributed by atoms with Gasteiger partial charge >= 0.3 is 0 Å². The number of fused-ring (bicyclic) bond motifs is 5. The summed E-state index contributed by atoms with van der Waals surface area (Å²) in [5.41, 5.74) is 3.31. The maximum absolute atomic E-state index is 12.5. The number of hydrogen-bond acceptors (Lipinski definition) is 2. The van der Waals surface area contributed by atoms with Crippen LogP contribution in [0.25, 0.3) is 16.6 Å². The van der Waals surface area contributed by atoms with Gasteiger partial charge in [-0.05, 0) is 24.3 Å². The molecule has 0 N–H and O–H groups in total. The normalized spacial score (nSPS) is 12.6. The predicted molar refractivity (Wildman–Crippen MR) is 73.3 cm³/mol. The number of methoxy groups -OCH3 is 1. The number of ketones is 1. The van der Waals surface area contributed by atoms with Gasteiger partial charge in [-0.25, -0.2) is 0 Å². The minimum Gasteiger partial charge on any atom is -0.494 e. The molecule has 3 nitrogen and oxygen atoms in total. The van der Waals surface area contributed by atoms with Gasteiger partial charge < -0.3 is 9.30 Å². The van der Waals surface area contributed by atoms with Crippen LogP contribution in [0.3, 0.4) is 0 Å². The molecule has 2 heterocycles. The molecule has 0 spiro atoms. The van der Waals surface area contributed by atoms with Crippen molar-refractivity contribution in [1.29, 1.82) is 0 Å². The average molecular weight is 249 g/mol. The molecule has 19 heavy (non-hydrogen) atoms. The molecule has 1 aliphatic heterocycles. The number of ether oxygens (including phenoxy) is 1. The first-order valence-corrected chi connectivity index (χ1v) is 6.14. The lowest BCUT2D eigenvalue weighted by atomic mass is 10.1. The van der Waals surface area contributed by atoms with Crippen LogP contribution in [-0.2, 0) is 0 Å². The van der Waals surface area contributed by atoms with Crippen LogP contribution in [0.2, 0.25) is 0 Å². The van der Waals surface area contributed by atoms with Crippen molar-refractivity contribution < 1.29 is 9.53 Å². The maximum atomic E-state index is 12.5. The number of hydrogen-bond donors (Lipinski definition) is 0. The molecule has 0 atom stereocenters. The molecule has 0 radical (unpaired) electrons. The fourth-order valence-electron chi connectivity index (χ4n) is 2.86. The quantitative estimate of drug-likeness (QED) is 0.519. The zero-order valence-electron chi connectivity index (χ0n) is 10.4. The molecule has 2 aromatic carbocycles. The second-order valence-corrected chi connectivity index (χ2v) is 4.58. The molecule has 3 heteroatoms. The molecule has 0 amide bonds. The highest BCUT2D eigenvalue weighted by Gasteiger charge is 2.33. The Kier molecular flexibility index (Phi) is 1.90. The van der Waals surface area contributed by atoms with Crippen LogP contribution in [0.1, 0.15) is 16.1 Å². The van der Waals surface area contributed by atoms with Crippen LogP contribution in [0.15, 0.2) is 48.5 Å². The SMILES string of the molecule is COc1c2n(c3ccccc13)-c1ccccc1C2=O. The lowest BCUT2D eigenvalue weighted by Crippen LogP contribution is -1.98. The van der Waals surface area contributed by atoms with Gasteiger partial charge in [-0.1, -0.05) is 24.3 Å². The van der Waals surface area contributed by atoms with Crippen molar-refractivity contribution in [1.82, 2.24) is 4.57 Å². The molecule has 0 saturated heterocycles. The van der Waals surface area contributed by atoms with Gasteiger partial charge in [0, 0.05) is 10.9 Å². The van der Waals surface area contributed by atoms with Gasteiger partial charge in [0.2, 0.25) is 5.78 Å². The molecule has 0 unspecified atom stereocenters. The van der Waals surface area contributed by atoms with E-state index in [1.54, 1.807) is 7.11 Å². The highest BCUT2D eigenvalue weighted by atomic mass is 16.5. The Bertz CT molecular complexity index is 830. The largest absolute Gasteiger partial charge is 0.494 e. The molecule has 1 aliphatic rings. The molecular weight excluding hydrogens is 238 g/mol. The second-order valence-electron chi connectivity index (χ2n) is 4.58. The van der Waals surface area contributed by atoms with E-state index in [1.165, 1.54) is 0 Å². The molecular formula is C16H11NO2. The first-order chi connectivity index (χ1) is 9.33. The van der Waals surface area contributed by atoms with E-state index < -0.39 is 0 Å². The number of carbonyl (C=O) groups excluding carboxylic acids is 1. The van der Waals surface area contributed by atoms with Crippen molar-refractivity contribution in [3.05, 3.63) is 59.8 Å². The number of para-hydroxylation sites is 2. The highest BCUT2D eigenvalue weighted by molar-refractivity contribution is 6.19. The van der Waals surface area contributed by atoms with E-state index >= 15 is 0 Å². The van der Waals surface area contributed by atoms with Gasteiger partial charge in [0.05, 0.1) is 18.3 Å². The Morgan fingerprint density at radius 2 is 1.74 bits per heavy atom. The monoisotopic (exact) mass is 249 g/mol. The van der Waals surface area contributed by atoms with Crippen molar-refractivity contribution in [3.8, 4) is 11.4 Å². The number of nitrogens with zero attached hydrogens (tertiary/aromatic N) is 1. The van der Waals surface area contributed by atoms with Crippen molar-refractivity contribution in [2.24, 2.45) is 0 Å². The smallest absolute Gasteiger partial charge is 0.215 e. The lowest BCUT2D eigenvalue weighted by Gasteiger charge is -2.02. The fraction of sp³-hybridized carbons (Fsp3) is 0.0625. The lowest BCUT2D eigenvalue weighted by molar-refractivity contribution is 0.103. The minimum absolute atomic E-state index is 0.0312. The van der Waals surface area contributed by atoms with Crippen LogP contribution in [0.5, 0.6) is 5.75 Å². The predicted octanol–water partition coefficient (Wildman–Crippen LogP) is 3.18. The average Bonchev–Trinajstić information content (AvgIpc) is 2.94. The van der Waals surface area contributed by atoms with Crippen molar-refractivity contribution in [2.45, 2.75) is 0 Å². The van der Waals surface area contributed by atoms with Crippen LogP contribution in [0, 0.1) is 0 Å². The van der Waals surface area contributed by atoms with E-state index in [2.05, 4.69) is 0 Å². The highest BCUT2D eigenvalue weighted by Crippen LogP contribution is 2.41. The zero-order valence-corrected chi connectivity index (χ0v) is 10.4. The van der Waals surface area contributed by atoms with Crippen LogP contribution in [-0.4, -0.2) is 17.5 Å². The second kappa shape index (κ2) is 3.48. The third-order valence-corrected chi connectivity index (χ3v) is 3.64. The summed E-state index contributed by atoms with van der Waals surface area (Å²) in [5.74, 6) is 0.695. The van der Waals surface area contributed by atoms with Gasteiger partial charge in [0.15, 0.2) is 5.75 Å². The maximum Gasteiger partial charge on any atom is 0.215 e. The van der Waals surface area contributed by atoms with Gasteiger partial charge in [0.1, 0.15) is 5.69 Å². The number of aromatic nitrogens is 1. The third kappa shape index (κ3) is 1.14. The Labute approximate surface area is 110 Å².